The first-order chi connectivity index (χ1) is 9.49. The number of nitrogens with zero attached hydrogens (tertiary/aromatic N) is 3. The van der Waals surface area contributed by atoms with Gasteiger partial charge in [0.2, 0.25) is 0 Å². The second-order valence-corrected chi connectivity index (χ2v) is 5.53. The number of hydrogen-bond donors (Lipinski definition) is 1. The zero-order chi connectivity index (χ0) is 14.7. The van der Waals surface area contributed by atoms with Crippen LogP contribution in [0.15, 0.2) is 29.1 Å². The minimum Gasteiger partial charge on any atom is -0.399 e. The first kappa shape index (κ1) is 14.3. The monoisotopic (exact) mass is 290 g/mol. The topological polar surface area (TPSA) is 62.5 Å². The normalized spacial score (nSPS) is 10.3. The van der Waals surface area contributed by atoms with Gasteiger partial charge in [0.05, 0.1) is 29.0 Å². The van der Waals surface area contributed by atoms with Gasteiger partial charge in [0.25, 0.3) is 5.91 Å². The lowest BCUT2D eigenvalue weighted by Crippen LogP contribution is -2.26. The van der Waals surface area contributed by atoms with Gasteiger partial charge in [-0.2, -0.15) is 0 Å². The van der Waals surface area contributed by atoms with Crippen LogP contribution in [0.1, 0.15) is 16.1 Å². The average molecular weight is 290 g/mol. The number of thiazole rings is 1. The van der Waals surface area contributed by atoms with Crippen molar-refractivity contribution in [3.8, 4) is 0 Å². The predicted molar refractivity (Wildman–Crippen MR) is 83.1 cm³/mol. The molecule has 0 saturated heterocycles. The van der Waals surface area contributed by atoms with Crippen LogP contribution in [-0.2, 0) is 6.54 Å². The molecule has 0 fully saturated rings. The Morgan fingerprint density at radius 2 is 2.10 bits per heavy atom. The summed E-state index contributed by atoms with van der Waals surface area (Å²) in [6, 6.07) is 5.34. The highest BCUT2D eigenvalue weighted by atomic mass is 32.1. The molecule has 0 atom stereocenters. The lowest BCUT2D eigenvalue weighted by Gasteiger charge is -2.23. The van der Waals surface area contributed by atoms with Crippen LogP contribution < -0.4 is 10.6 Å². The van der Waals surface area contributed by atoms with Gasteiger partial charge < -0.3 is 15.5 Å². The number of hydrogen-bond acceptors (Lipinski definition) is 5. The summed E-state index contributed by atoms with van der Waals surface area (Å²) in [5.41, 5.74) is 10.7. The Labute approximate surface area is 122 Å². The molecule has 2 N–H and O–H groups in total. The number of aromatic nitrogens is 1. The Hall–Kier alpha value is -2.08. The fraction of sp³-hybridized carbons (Fsp3) is 0.286. The molecule has 0 bridgehead atoms. The largest absolute Gasteiger partial charge is 0.399 e. The maximum Gasteiger partial charge on any atom is 0.255 e. The van der Waals surface area contributed by atoms with E-state index in [1.807, 2.05) is 23.4 Å². The smallest absolute Gasteiger partial charge is 0.255 e. The molecular formula is C14H18N4OS. The third-order valence-electron chi connectivity index (χ3n) is 2.95. The number of rotatable bonds is 4. The highest BCUT2D eigenvalue weighted by Gasteiger charge is 2.16. The number of nitrogen functional groups attached to an aromatic ring is 1. The Balaban J connectivity index is 2.33. The fourth-order valence-corrected chi connectivity index (χ4v) is 2.48. The van der Waals surface area contributed by atoms with Gasteiger partial charge in [-0.3, -0.25) is 4.79 Å². The van der Waals surface area contributed by atoms with Crippen molar-refractivity contribution >= 4 is 28.6 Å². The minimum absolute atomic E-state index is 0.0369. The van der Waals surface area contributed by atoms with Crippen molar-refractivity contribution in [3.63, 3.8) is 0 Å². The van der Waals surface area contributed by atoms with Crippen LogP contribution in [0.25, 0.3) is 0 Å². The molecule has 0 aliphatic carbocycles. The van der Waals surface area contributed by atoms with E-state index >= 15 is 0 Å². The van der Waals surface area contributed by atoms with Gasteiger partial charge in [-0.15, -0.1) is 11.3 Å². The molecule has 1 aromatic carbocycles. The first-order valence-corrected chi connectivity index (χ1v) is 7.12. The van der Waals surface area contributed by atoms with E-state index in [-0.39, 0.29) is 5.91 Å². The van der Waals surface area contributed by atoms with Crippen LogP contribution in [0.4, 0.5) is 11.4 Å². The summed E-state index contributed by atoms with van der Waals surface area (Å²) in [6.45, 7) is 0.640. The summed E-state index contributed by atoms with van der Waals surface area (Å²) >= 11 is 1.56. The highest BCUT2D eigenvalue weighted by Crippen LogP contribution is 2.25. The molecule has 6 heteroatoms. The second-order valence-electron chi connectivity index (χ2n) is 4.81. The van der Waals surface area contributed by atoms with Crippen LogP contribution in [0, 0.1) is 0 Å². The van der Waals surface area contributed by atoms with E-state index < -0.39 is 0 Å². The standard InChI is InChI=1S/C14H18N4OS/c1-17(2)14(19)12-5-4-10(15)6-13(12)18(3)7-11-8-20-9-16-11/h4-6,8-9H,7,15H2,1-3H3. The highest BCUT2D eigenvalue weighted by molar-refractivity contribution is 7.07. The van der Waals surface area contributed by atoms with Crippen LogP contribution in [0.2, 0.25) is 0 Å². The summed E-state index contributed by atoms with van der Waals surface area (Å²) in [5, 5.41) is 2.00. The van der Waals surface area contributed by atoms with Gasteiger partial charge >= 0.3 is 0 Å². The molecular weight excluding hydrogens is 272 g/mol. The lowest BCUT2D eigenvalue weighted by molar-refractivity contribution is 0.0828. The number of benzene rings is 1. The fourth-order valence-electron chi connectivity index (χ4n) is 1.93. The molecule has 1 aromatic heterocycles. The molecule has 0 saturated carbocycles. The molecule has 5 nitrogen and oxygen atoms in total. The van der Waals surface area contributed by atoms with Gasteiger partial charge in [-0.25, -0.2) is 4.98 Å². The van der Waals surface area contributed by atoms with E-state index in [1.54, 1.807) is 48.0 Å². The van der Waals surface area contributed by atoms with Gasteiger partial charge in [0.1, 0.15) is 0 Å². The molecule has 0 aliphatic rings. The lowest BCUT2D eigenvalue weighted by atomic mass is 10.1. The summed E-state index contributed by atoms with van der Waals surface area (Å²) in [4.78, 5) is 20.0. The third kappa shape index (κ3) is 3.08. The number of nitrogens with two attached hydrogens (primary N) is 1. The quantitative estimate of drug-likeness (QED) is 0.876. The Morgan fingerprint density at radius 3 is 2.70 bits per heavy atom. The Morgan fingerprint density at radius 1 is 1.35 bits per heavy atom. The number of carbonyl (C=O) groups excluding carboxylic acids is 1. The molecule has 20 heavy (non-hydrogen) atoms. The average Bonchev–Trinajstić information content (AvgIpc) is 2.90. The minimum atomic E-state index is -0.0369. The summed E-state index contributed by atoms with van der Waals surface area (Å²) in [5.74, 6) is -0.0369. The van der Waals surface area contributed by atoms with Gasteiger partial charge in [0, 0.05) is 32.2 Å². The van der Waals surface area contributed by atoms with Crippen LogP contribution in [0.3, 0.4) is 0 Å². The number of amides is 1. The number of anilines is 2. The first-order valence-electron chi connectivity index (χ1n) is 6.18. The van der Waals surface area contributed by atoms with Crippen LogP contribution in [-0.4, -0.2) is 36.9 Å². The van der Waals surface area contributed by atoms with E-state index in [0.717, 1.165) is 11.4 Å². The van der Waals surface area contributed by atoms with Crippen LogP contribution in [0.5, 0.6) is 0 Å². The van der Waals surface area contributed by atoms with E-state index in [4.69, 9.17) is 5.73 Å². The van der Waals surface area contributed by atoms with Gasteiger partial charge in [-0.05, 0) is 18.2 Å². The maximum atomic E-state index is 12.2. The van der Waals surface area contributed by atoms with Gasteiger partial charge in [0.15, 0.2) is 0 Å². The van der Waals surface area contributed by atoms with E-state index in [1.165, 1.54) is 0 Å². The van der Waals surface area contributed by atoms with E-state index in [0.29, 0.717) is 17.8 Å². The van der Waals surface area contributed by atoms with Crippen LogP contribution >= 0.6 is 11.3 Å². The Kier molecular flexibility index (Phi) is 4.24. The summed E-state index contributed by atoms with van der Waals surface area (Å²) < 4.78 is 0. The Bertz CT molecular complexity index is 595. The second kappa shape index (κ2) is 5.92. The molecule has 2 aromatic rings. The molecule has 2 rings (SSSR count). The van der Waals surface area contributed by atoms with Crippen molar-refractivity contribution in [2.45, 2.75) is 6.54 Å². The molecule has 106 valence electrons. The molecule has 0 unspecified atom stereocenters. The van der Waals surface area contributed by atoms with E-state index in [2.05, 4.69) is 4.98 Å². The molecule has 0 aliphatic heterocycles. The molecule has 1 heterocycles. The zero-order valence-electron chi connectivity index (χ0n) is 11.8. The third-order valence-corrected chi connectivity index (χ3v) is 3.59. The molecule has 0 spiro atoms. The molecule has 0 radical (unpaired) electrons. The molecule has 1 amide bonds. The van der Waals surface area contributed by atoms with Crippen molar-refractivity contribution in [1.29, 1.82) is 0 Å². The van der Waals surface area contributed by atoms with Crippen molar-refractivity contribution in [3.05, 3.63) is 40.3 Å². The zero-order valence-corrected chi connectivity index (χ0v) is 12.6. The van der Waals surface area contributed by atoms with Gasteiger partial charge in [-0.1, -0.05) is 0 Å². The summed E-state index contributed by atoms with van der Waals surface area (Å²) in [7, 11) is 5.41. The van der Waals surface area contributed by atoms with Crippen molar-refractivity contribution in [2.24, 2.45) is 0 Å². The summed E-state index contributed by atoms with van der Waals surface area (Å²) in [6.07, 6.45) is 0. The number of carbonyl (C=O) groups is 1. The predicted octanol–water partition coefficient (Wildman–Crippen LogP) is 2.06. The van der Waals surface area contributed by atoms with E-state index in [9.17, 15) is 4.79 Å². The van der Waals surface area contributed by atoms with Crippen molar-refractivity contribution in [2.75, 3.05) is 31.8 Å². The van der Waals surface area contributed by atoms with Crippen molar-refractivity contribution in [1.82, 2.24) is 9.88 Å². The maximum absolute atomic E-state index is 12.2. The van der Waals surface area contributed by atoms with Crippen molar-refractivity contribution < 1.29 is 4.79 Å². The SMILES string of the molecule is CN(C)C(=O)c1ccc(N)cc1N(C)Cc1cscn1.